The topological polar surface area (TPSA) is 116 Å². The Balaban J connectivity index is 1.85. The second-order valence-electron chi connectivity index (χ2n) is 6.36. The molecule has 0 aliphatic heterocycles. The van der Waals surface area contributed by atoms with E-state index in [1.807, 2.05) is 6.26 Å². The van der Waals surface area contributed by atoms with Gasteiger partial charge in [-0.3, -0.25) is 9.59 Å². The van der Waals surface area contributed by atoms with Crippen LogP contribution in [0.4, 0.5) is 0 Å². The maximum absolute atomic E-state index is 12.4. The summed E-state index contributed by atoms with van der Waals surface area (Å²) < 4.78 is 20.5. The van der Waals surface area contributed by atoms with Crippen molar-refractivity contribution in [3.05, 3.63) is 47.9 Å². The van der Waals surface area contributed by atoms with Crippen molar-refractivity contribution < 1.29 is 33.0 Å². The maximum Gasteiger partial charge on any atom is 0.329 e. The van der Waals surface area contributed by atoms with Crippen molar-refractivity contribution >= 4 is 29.5 Å². The van der Waals surface area contributed by atoms with E-state index in [1.165, 1.54) is 38.3 Å². The Kier molecular flexibility index (Phi) is 9.76. The van der Waals surface area contributed by atoms with Gasteiger partial charge in [0, 0.05) is 6.54 Å². The molecule has 1 aromatic heterocycles. The van der Waals surface area contributed by atoms with Crippen molar-refractivity contribution in [2.24, 2.45) is 0 Å². The van der Waals surface area contributed by atoms with Crippen LogP contribution >= 0.6 is 11.8 Å². The second kappa shape index (κ2) is 12.5. The highest BCUT2D eigenvalue weighted by Gasteiger charge is 2.24. The molecule has 2 N–H and O–H groups in total. The molecule has 2 aromatic rings. The first-order valence-corrected chi connectivity index (χ1v) is 10.9. The average molecular weight is 451 g/mol. The van der Waals surface area contributed by atoms with Gasteiger partial charge in [-0.2, -0.15) is 11.8 Å². The van der Waals surface area contributed by atoms with Gasteiger partial charge in [0.15, 0.2) is 23.9 Å². The van der Waals surface area contributed by atoms with Crippen LogP contribution in [0.25, 0.3) is 0 Å². The van der Waals surface area contributed by atoms with Crippen LogP contribution in [-0.4, -0.2) is 56.7 Å². The van der Waals surface area contributed by atoms with E-state index in [4.69, 9.17) is 18.6 Å². The minimum atomic E-state index is -0.885. The lowest BCUT2D eigenvalue weighted by molar-refractivity contribution is -0.150. The molecule has 0 fully saturated rings. The Hall–Kier alpha value is -3.14. The molecule has 9 nitrogen and oxygen atoms in total. The maximum atomic E-state index is 12.4. The Morgan fingerprint density at radius 3 is 2.55 bits per heavy atom. The number of furan rings is 1. The molecule has 0 aliphatic rings. The van der Waals surface area contributed by atoms with E-state index in [1.54, 1.807) is 24.3 Å². The van der Waals surface area contributed by atoms with Crippen LogP contribution in [0.3, 0.4) is 0 Å². The first kappa shape index (κ1) is 24.1. The number of rotatable bonds is 12. The van der Waals surface area contributed by atoms with Gasteiger partial charge >= 0.3 is 5.97 Å². The summed E-state index contributed by atoms with van der Waals surface area (Å²) in [7, 11) is 3.06. The largest absolute Gasteiger partial charge is 0.493 e. The van der Waals surface area contributed by atoms with Gasteiger partial charge in [-0.25, -0.2) is 4.79 Å². The number of methoxy groups -OCH3 is 2. The van der Waals surface area contributed by atoms with Crippen LogP contribution in [0.15, 0.2) is 41.0 Å². The van der Waals surface area contributed by atoms with E-state index in [0.29, 0.717) is 23.7 Å². The van der Waals surface area contributed by atoms with E-state index in [-0.39, 0.29) is 12.3 Å². The molecule has 0 radical (unpaired) electrons. The summed E-state index contributed by atoms with van der Waals surface area (Å²) in [6.45, 7) is -0.236. The highest BCUT2D eigenvalue weighted by molar-refractivity contribution is 7.98. The number of carbonyl (C=O) groups is 3. The molecule has 31 heavy (non-hydrogen) atoms. The summed E-state index contributed by atoms with van der Waals surface area (Å²) in [6, 6.07) is 7.45. The Morgan fingerprint density at radius 2 is 1.90 bits per heavy atom. The number of benzene rings is 1. The number of hydrogen-bond donors (Lipinski definition) is 2. The summed E-state index contributed by atoms with van der Waals surface area (Å²) in [5.74, 6) is 0.174. The molecule has 168 valence electrons. The first-order valence-electron chi connectivity index (χ1n) is 9.46. The standard InChI is InChI=1S/C21H26N2O7S/c1-27-16-7-6-14(11-18(16)28-2)12-22-19(24)13-30-21(26)15(8-10-31-3)23-20(25)17-5-4-9-29-17/h4-7,9,11,15H,8,10,12-13H2,1-3H3,(H,22,24)(H,23,25)/t15-/m0/s1. The molecule has 1 heterocycles. The minimum absolute atomic E-state index is 0.0922. The predicted molar refractivity (Wildman–Crippen MR) is 115 cm³/mol. The highest BCUT2D eigenvalue weighted by atomic mass is 32.2. The fourth-order valence-electron chi connectivity index (χ4n) is 2.60. The van der Waals surface area contributed by atoms with Crippen LogP contribution in [0.1, 0.15) is 22.5 Å². The fraction of sp³-hybridized carbons (Fsp3) is 0.381. The predicted octanol–water partition coefficient (Wildman–Crippen LogP) is 2.01. The molecule has 1 atom stereocenters. The van der Waals surface area contributed by atoms with Gasteiger partial charge < -0.3 is 29.3 Å². The van der Waals surface area contributed by atoms with E-state index >= 15 is 0 Å². The molecule has 0 unspecified atom stereocenters. The van der Waals surface area contributed by atoms with Gasteiger partial charge in [0.1, 0.15) is 6.04 Å². The van der Waals surface area contributed by atoms with E-state index in [0.717, 1.165) is 5.56 Å². The van der Waals surface area contributed by atoms with Crippen molar-refractivity contribution in [3.8, 4) is 11.5 Å². The zero-order chi connectivity index (χ0) is 22.6. The molecule has 0 aliphatic carbocycles. The quantitative estimate of drug-likeness (QED) is 0.472. The van der Waals surface area contributed by atoms with Crippen LogP contribution in [-0.2, 0) is 20.9 Å². The fourth-order valence-corrected chi connectivity index (χ4v) is 3.07. The number of amides is 2. The molecule has 0 saturated heterocycles. The third-order valence-electron chi connectivity index (χ3n) is 4.23. The lowest BCUT2D eigenvalue weighted by Crippen LogP contribution is -2.43. The van der Waals surface area contributed by atoms with Gasteiger partial charge in [0.2, 0.25) is 0 Å². The average Bonchev–Trinajstić information content (AvgIpc) is 3.33. The SMILES string of the molecule is COc1ccc(CNC(=O)COC(=O)[C@H](CCSC)NC(=O)c2ccco2)cc1OC. The van der Waals surface area contributed by atoms with Crippen LogP contribution < -0.4 is 20.1 Å². The molecule has 0 bridgehead atoms. The van der Waals surface area contributed by atoms with Gasteiger partial charge in [-0.05, 0) is 48.3 Å². The summed E-state index contributed by atoms with van der Waals surface area (Å²) in [4.78, 5) is 36.7. The summed E-state index contributed by atoms with van der Waals surface area (Å²) in [6.07, 6.45) is 3.62. The second-order valence-corrected chi connectivity index (χ2v) is 7.34. The molecule has 0 saturated carbocycles. The van der Waals surface area contributed by atoms with Crippen molar-refractivity contribution in [2.45, 2.75) is 19.0 Å². The minimum Gasteiger partial charge on any atom is -0.493 e. The Morgan fingerprint density at radius 1 is 1.13 bits per heavy atom. The normalized spacial score (nSPS) is 11.3. The van der Waals surface area contributed by atoms with Crippen LogP contribution in [0.5, 0.6) is 11.5 Å². The lowest BCUT2D eigenvalue weighted by Gasteiger charge is -2.16. The Labute approximate surface area is 184 Å². The number of carbonyl (C=O) groups excluding carboxylic acids is 3. The lowest BCUT2D eigenvalue weighted by atomic mass is 10.2. The molecule has 2 amide bonds. The number of esters is 1. The zero-order valence-electron chi connectivity index (χ0n) is 17.6. The molecule has 2 rings (SSSR count). The van der Waals surface area contributed by atoms with Crippen LogP contribution in [0, 0.1) is 0 Å². The van der Waals surface area contributed by atoms with Crippen molar-refractivity contribution in [3.63, 3.8) is 0 Å². The van der Waals surface area contributed by atoms with Gasteiger partial charge in [-0.1, -0.05) is 6.07 Å². The Bertz CT molecular complexity index is 871. The number of thioether (sulfide) groups is 1. The number of hydrogen-bond acceptors (Lipinski definition) is 8. The summed E-state index contributed by atoms with van der Waals surface area (Å²) >= 11 is 1.53. The summed E-state index contributed by atoms with van der Waals surface area (Å²) in [5, 5.41) is 5.25. The third-order valence-corrected chi connectivity index (χ3v) is 4.87. The van der Waals surface area contributed by atoms with Crippen molar-refractivity contribution in [1.29, 1.82) is 0 Å². The molecule has 10 heteroatoms. The van der Waals surface area contributed by atoms with Gasteiger partial charge in [0.05, 0.1) is 20.5 Å². The van der Waals surface area contributed by atoms with E-state index in [2.05, 4.69) is 10.6 Å². The van der Waals surface area contributed by atoms with Crippen LogP contribution in [0.2, 0.25) is 0 Å². The molecular weight excluding hydrogens is 424 g/mol. The number of ether oxygens (including phenoxy) is 3. The van der Waals surface area contributed by atoms with Gasteiger partial charge in [-0.15, -0.1) is 0 Å². The third kappa shape index (κ3) is 7.56. The van der Waals surface area contributed by atoms with E-state index in [9.17, 15) is 14.4 Å². The summed E-state index contributed by atoms with van der Waals surface area (Å²) in [5.41, 5.74) is 0.792. The molecular formula is C21H26N2O7S. The van der Waals surface area contributed by atoms with Crippen molar-refractivity contribution in [2.75, 3.05) is 32.8 Å². The molecule has 1 aromatic carbocycles. The molecule has 0 spiro atoms. The monoisotopic (exact) mass is 450 g/mol. The zero-order valence-corrected chi connectivity index (χ0v) is 18.5. The highest BCUT2D eigenvalue weighted by Crippen LogP contribution is 2.27. The van der Waals surface area contributed by atoms with E-state index < -0.39 is 30.4 Å². The van der Waals surface area contributed by atoms with Crippen molar-refractivity contribution in [1.82, 2.24) is 10.6 Å². The number of nitrogens with one attached hydrogen (secondary N) is 2. The van der Waals surface area contributed by atoms with Gasteiger partial charge in [0.25, 0.3) is 11.8 Å². The first-order chi connectivity index (χ1) is 15.0. The smallest absolute Gasteiger partial charge is 0.329 e.